The molecule has 0 atom stereocenters. The molecule has 0 N–H and O–H groups in total. The quantitative estimate of drug-likeness (QED) is 0.128. The number of furan rings is 1. The van der Waals surface area contributed by atoms with Crippen LogP contribution in [0.25, 0.3) is 66.4 Å². The lowest BCUT2D eigenvalue weighted by molar-refractivity contribution is 0.668. The van der Waals surface area contributed by atoms with Crippen LogP contribution in [-0.4, -0.2) is 0 Å². The zero-order valence-electron chi connectivity index (χ0n) is 37.4. The first kappa shape index (κ1) is 40.6. The van der Waals surface area contributed by atoms with Crippen LogP contribution in [0.2, 0.25) is 0 Å². The fourth-order valence-electron chi connectivity index (χ4n) is 10.1. The average molecular weight is 848 g/mol. The van der Waals surface area contributed by atoms with Crippen molar-refractivity contribution in [2.75, 3.05) is 4.90 Å². The molecule has 0 radical (unpaired) electrons. The summed E-state index contributed by atoms with van der Waals surface area (Å²) in [5, 5.41) is 2.31. The van der Waals surface area contributed by atoms with E-state index >= 15 is 0 Å². The molecule has 0 spiro atoms. The van der Waals surface area contributed by atoms with E-state index in [2.05, 4.69) is 262 Å². The maximum absolute atomic E-state index is 6.94. The second kappa shape index (κ2) is 17.4. The Balaban J connectivity index is 1.14. The van der Waals surface area contributed by atoms with Gasteiger partial charge in [-0.3, -0.25) is 0 Å². The lowest BCUT2D eigenvalue weighted by atomic mass is 9.76. The Bertz CT molecular complexity index is 3420. The third-order valence-corrected chi connectivity index (χ3v) is 13.2. The van der Waals surface area contributed by atoms with Gasteiger partial charge in [-0.25, -0.2) is 0 Å². The van der Waals surface area contributed by atoms with Gasteiger partial charge in [0.1, 0.15) is 11.2 Å². The van der Waals surface area contributed by atoms with Crippen molar-refractivity contribution in [1.82, 2.24) is 0 Å². The highest BCUT2D eigenvalue weighted by Crippen LogP contribution is 2.49. The summed E-state index contributed by atoms with van der Waals surface area (Å²) in [6, 6.07) is 85.8. The molecule has 2 heteroatoms. The van der Waals surface area contributed by atoms with Crippen molar-refractivity contribution in [1.29, 1.82) is 0 Å². The van der Waals surface area contributed by atoms with Gasteiger partial charge in [0.2, 0.25) is 0 Å². The minimum absolute atomic E-state index is 0.163. The summed E-state index contributed by atoms with van der Waals surface area (Å²) < 4.78 is 6.94. The highest BCUT2D eigenvalue weighted by atomic mass is 16.3. The van der Waals surface area contributed by atoms with Crippen molar-refractivity contribution in [3.8, 4) is 44.5 Å². The van der Waals surface area contributed by atoms with E-state index in [1.807, 2.05) is 0 Å². The normalized spacial score (nSPS) is 11.4. The molecule has 0 bridgehead atoms. The molecule has 2 nitrogen and oxygen atoms in total. The lowest BCUT2D eigenvalue weighted by Crippen LogP contribution is -2.10. The van der Waals surface area contributed by atoms with Crippen LogP contribution in [0.4, 0.5) is 17.1 Å². The van der Waals surface area contributed by atoms with Crippen LogP contribution in [0.3, 0.4) is 0 Å². The predicted molar refractivity (Wildman–Crippen MR) is 278 cm³/mol. The van der Waals surface area contributed by atoms with Crippen molar-refractivity contribution in [3.05, 3.63) is 270 Å². The van der Waals surface area contributed by atoms with Crippen LogP contribution in [0.1, 0.15) is 39.3 Å². The van der Waals surface area contributed by atoms with Gasteiger partial charge in [0.25, 0.3) is 0 Å². The number of benzene rings is 10. The summed E-state index contributed by atoms with van der Waals surface area (Å²) in [5.74, 6) is -0.163. The Morgan fingerprint density at radius 3 is 1.42 bits per heavy atom. The van der Waals surface area contributed by atoms with Gasteiger partial charge >= 0.3 is 0 Å². The average Bonchev–Trinajstić information content (AvgIpc) is 3.76. The van der Waals surface area contributed by atoms with E-state index in [1.54, 1.807) is 0 Å². The second-order valence-electron chi connectivity index (χ2n) is 17.4. The third kappa shape index (κ3) is 7.47. The lowest BCUT2D eigenvalue weighted by Gasteiger charge is -2.27. The molecule has 66 heavy (non-hydrogen) atoms. The summed E-state index contributed by atoms with van der Waals surface area (Å²) in [6.07, 6.45) is 0. The molecule has 11 rings (SSSR count). The number of aryl methyl sites for hydroxylation is 3. The van der Waals surface area contributed by atoms with Gasteiger partial charge in [0.05, 0.1) is 0 Å². The first-order valence-electron chi connectivity index (χ1n) is 22.9. The number of rotatable bonds is 10. The Kier molecular flexibility index (Phi) is 10.7. The van der Waals surface area contributed by atoms with E-state index in [0.717, 1.165) is 50.1 Å². The molecule has 0 amide bonds. The second-order valence-corrected chi connectivity index (χ2v) is 17.4. The number of para-hydroxylation sites is 1. The van der Waals surface area contributed by atoms with Crippen LogP contribution in [-0.2, 0) is 0 Å². The molecule has 0 fully saturated rings. The molecular formula is C64H49NO. The molecule has 0 saturated heterocycles. The molecule has 1 aromatic heterocycles. The van der Waals surface area contributed by atoms with E-state index in [4.69, 9.17) is 4.42 Å². The third-order valence-electron chi connectivity index (χ3n) is 13.2. The summed E-state index contributed by atoms with van der Waals surface area (Å²) in [6.45, 7) is 6.65. The molecular weight excluding hydrogens is 799 g/mol. The zero-order chi connectivity index (χ0) is 44.6. The van der Waals surface area contributed by atoms with Crippen molar-refractivity contribution in [2.45, 2.75) is 26.7 Å². The van der Waals surface area contributed by atoms with Gasteiger partial charge < -0.3 is 9.32 Å². The van der Waals surface area contributed by atoms with Gasteiger partial charge in [-0.15, -0.1) is 0 Å². The first-order chi connectivity index (χ1) is 32.5. The number of hydrogen-bond acceptors (Lipinski definition) is 2. The minimum atomic E-state index is -0.163. The predicted octanol–water partition coefficient (Wildman–Crippen LogP) is 17.8. The summed E-state index contributed by atoms with van der Waals surface area (Å²) >= 11 is 0. The van der Waals surface area contributed by atoms with Crippen LogP contribution < -0.4 is 4.90 Å². The SMILES string of the molecule is Cc1ccccc1-c1ccccc1C(c1ccccc1-c1ccccc1C)c1cc(-c2ccc(N(c3ccccc3)c3cccc(-c4ccccc4)c3)cc2)cc2oc3cccc(C)c3c12. The Labute approximate surface area is 387 Å². The van der Waals surface area contributed by atoms with Gasteiger partial charge in [-0.1, -0.05) is 182 Å². The highest BCUT2D eigenvalue weighted by molar-refractivity contribution is 6.10. The van der Waals surface area contributed by atoms with Crippen molar-refractivity contribution < 1.29 is 4.42 Å². The van der Waals surface area contributed by atoms with E-state index in [9.17, 15) is 0 Å². The molecule has 11 aromatic rings. The van der Waals surface area contributed by atoms with Crippen LogP contribution in [0.15, 0.2) is 241 Å². The van der Waals surface area contributed by atoms with Gasteiger partial charge in [-0.2, -0.15) is 0 Å². The van der Waals surface area contributed by atoms with E-state index in [0.29, 0.717) is 0 Å². The summed E-state index contributed by atoms with van der Waals surface area (Å²) in [7, 11) is 0. The van der Waals surface area contributed by atoms with E-state index in [1.165, 1.54) is 66.8 Å². The smallest absolute Gasteiger partial charge is 0.136 e. The molecule has 0 aliphatic heterocycles. The molecule has 316 valence electrons. The highest BCUT2D eigenvalue weighted by Gasteiger charge is 2.29. The number of nitrogens with zero attached hydrogens (tertiary/aromatic N) is 1. The molecule has 10 aromatic carbocycles. The maximum atomic E-state index is 6.94. The first-order valence-corrected chi connectivity index (χ1v) is 22.9. The zero-order valence-corrected chi connectivity index (χ0v) is 37.4. The Morgan fingerprint density at radius 1 is 0.303 bits per heavy atom. The molecule has 0 saturated carbocycles. The van der Waals surface area contributed by atoms with Gasteiger partial charge in [0.15, 0.2) is 0 Å². The van der Waals surface area contributed by atoms with Gasteiger partial charge in [-0.05, 0) is 153 Å². The van der Waals surface area contributed by atoms with Crippen LogP contribution >= 0.6 is 0 Å². The monoisotopic (exact) mass is 847 g/mol. The number of fused-ring (bicyclic) bond motifs is 3. The summed E-state index contributed by atoms with van der Waals surface area (Å²) in [4.78, 5) is 2.34. The van der Waals surface area contributed by atoms with Crippen LogP contribution in [0, 0.1) is 20.8 Å². The topological polar surface area (TPSA) is 16.4 Å². The Hall–Kier alpha value is -8.20. The van der Waals surface area contributed by atoms with Gasteiger partial charge in [0, 0.05) is 33.8 Å². The minimum Gasteiger partial charge on any atom is -0.456 e. The number of anilines is 3. The molecule has 0 unspecified atom stereocenters. The molecule has 0 aliphatic rings. The maximum Gasteiger partial charge on any atom is 0.136 e. The molecule has 0 aliphatic carbocycles. The van der Waals surface area contributed by atoms with E-state index in [-0.39, 0.29) is 5.92 Å². The Morgan fingerprint density at radius 2 is 0.788 bits per heavy atom. The van der Waals surface area contributed by atoms with Crippen LogP contribution in [0.5, 0.6) is 0 Å². The summed E-state index contributed by atoms with van der Waals surface area (Å²) in [5.41, 5.74) is 22.0. The largest absolute Gasteiger partial charge is 0.456 e. The molecule has 1 heterocycles. The van der Waals surface area contributed by atoms with E-state index < -0.39 is 0 Å². The van der Waals surface area contributed by atoms with Crippen molar-refractivity contribution in [2.24, 2.45) is 0 Å². The number of hydrogen-bond donors (Lipinski definition) is 0. The van der Waals surface area contributed by atoms with Crippen molar-refractivity contribution in [3.63, 3.8) is 0 Å². The van der Waals surface area contributed by atoms with Crippen molar-refractivity contribution >= 4 is 39.0 Å². The standard InChI is InChI=1S/C64H49NO/c1-43-20-10-12-29-53(43)55-31-14-16-33-57(55)63(58-34-17-15-32-56(58)54-30-13-11-21-44(54)2)59-41-49(42-61-64(59)62-45(3)22-18-35-60(62)66-61)47-36-38-51(39-37-47)65(50-26-8-5-9-27-50)52-28-19-25-48(40-52)46-23-6-4-7-24-46/h4-42,63H,1-3H3. The fourth-order valence-corrected chi connectivity index (χ4v) is 10.1. The fraction of sp³-hybridized carbons (Fsp3) is 0.0625.